The van der Waals surface area contributed by atoms with Gasteiger partial charge in [-0.25, -0.2) is 0 Å². The lowest BCUT2D eigenvalue weighted by Gasteiger charge is -2.65. The van der Waals surface area contributed by atoms with Crippen molar-refractivity contribution in [3.63, 3.8) is 0 Å². The van der Waals surface area contributed by atoms with Crippen LogP contribution in [-0.4, -0.2) is 28.8 Å². The summed E-state index contributed by atoms with van der Waals surface area (Å²) in [6, 6.07) is 0. The lowest BCUT2D eigenvalue weighted by atomic mass is 9.42. The summed E-state index contributed by atoms with van der Waals surface area (Å²) < 4.78 is 0. The quantitative estimate of drug-likeness (QED) is 0.323. The molecule has 4 atom stereocenters. The zero-order chi connectivity index (χ0) is 23.2. The van der Waals surface area contributed by atoms with Crippen LogP contribution >= 0.6 is 0 Å². The Labute approximate surface area is 187 Å². The van der Waals surface area contributed by atoms with Gasteiger partial charge in [0.05, 0.1) is 5.70 Å². The second-order valence-corrected chi connectivity index (χ2v) is 11.0. The smallest absolute Gasteiger partial charge is 0.232 e. The number of aliphatic hydroxyl groups is 1. The molecule has 0 spiro atoms. The summed E-state index contributed by atoms with van der Waals surface area (Å²) in [5.74, 6) is -0.523. The summed E-state index contributed by atoms with van der Waals surface area (Å²) in [6.07, 6.45) is 7.23. The van der Waals surface area contributed by atoms with Crippen molar-refractivity contribution in [1.82, 2.24) is 5.32 Å². The molecule has 172 valence electrons. The van der Waals surface area contributed by atoms with Crippen molar-refractivity contribution in [3.8, 4) is 0 Å². The third-order valence-corrected chi connectivity index (χ3v) is 8.89. The van der Waals surface area contributed by atoms with E-state index >= 15 is 0 Å². The molecule has 0 radical (unpaired) electrons. The number of hydrogen-bond donors (Lipinski definition) is 3. The molecule has 2 fully saturated rings. The maximum absolute atomic E-state index is 12.9. The average Bonchev–Trinajstić information content (AvgIpc) is 2.70. The van der Waals surface area contributed by atoms with Crippen molar-refractivity contribution < 1.29 is 14.7 Å². The number of nitrogens with one attached hydrogen (secondary N) is 1. The van der Waals surface area contributed by atoms with Gasteiger partial charge in [-0.2, -0.15) is 0 Å². The minimum absolute atomic E-state index is 0.0905. The number of ketones is 2. The molecule has 5 heteroatoms. The molecular weight excluding hydrogens is 388 g/mol. The minimum Gasteiger partial charge on any atom is -0.505 e. The standard InChI is InChI=1S/C26H40N2O3/c1-16(2)10-13-28-20-14-21(29)23(31)19(22(20)30)15-25(6)18(4)9-12-24(5)17(3)8-7-11-26(24,25)27/h14,16,18,28,30H,3,7-13,15,27H2,1-2,4-6H3. The number of Topliss-reactive ketones (excluding diaryl/α,β-unsaturated/α-hetero) is 1. The van der Waals surface area contributed by atoms with Gasteiger partial charge in [-0.1, -0.05) is 46.8 Å². The van der Waals surface area contributed by atoms with Crippen LogP contribution in [0.25, 0.3) is 0 Å². The van der Waals surface area contributed by atoms with Crippen molar-refractivity contribution >= 4 is 11.6 Å². The Morgan fingerprint density at radius 2 is 1.97 bits per heavy atom. The summed E-state index contributed by atoms with van der Waals surface area (Å²) >= 11 is 0. The molecule has 4 unspecified atom stereocenters. The van der Waals surface area contributed by atoms with E-state index in [4.69, 9.17) is 5.73 Å². The fourth-order valence-corrected chi connectivity index (χ4v) is 6.20. The number of hydrogen-bond acceptors (Lipinski definition) is 5. The maximum atomic E-state index is 12.9. The van der Waals surface area contributed by atoms with Crippen molar-refractivity contribution in [2.24, 2.45) is 28.4 Å². The van der Waals surface area contributed by atoms with E-state index in [1.165, 1.54) is 11.6 Å². The molecule has 0 aromatic heterocycles. The summed E-state index contributed by atoms with van der Waals surface area (Å²) in [6.45, 7) is 15.8. The Morgan fingerprint density at radius 1 is 1.29 bits per heavy atom. The second kappa shape index (κ2) is 8.23. The summed E-state index contributed by atoms with van der Waals surface area (Å²) in [4.78, 5) is 25.4. The number of carbonyl (C=O) groups is 2. The normalized spacial score (nSPS) is 36.5. The van der Waals surface area contributed by atoms with Crippen LogP contribution in [-0.2, 0) is 9.59 Å². The van der Waals surface area contributed by atoms with Crippen molar-refractivity contribution in [1.29, 1.82) is 0 Å². The molecule has 3 aliphatic rings. The number of fused-ring (bicyclic) bond motifs is 1. The minimum atomic E-state index is -0.606. The van der Waals surface area contributed by atoms with Crippen LogP contribution in [0.4, 0.5) is 0 Å². The van der Waals surface area contributed by atoms with Crippen LogP contribution < -0.4 is 11.1 Å². The van der Waals surface area contributed by atoms with E-state index in [1.807, 2.05) is 0 Å². The van der Waals surface area contributed by atoms with Gasteiger partial charge >= 0.3 is 0 Å². The van der Waals surface area contributed by atoms with Crippen molar-refractivity contribution in [2.75, 3.05) is 6.54 Å². The van der Waals surface area contributed by atoms with Crippen LogP contribution in [0.2, 0.25) is 0 Å². The SMILES string of the molecule is C=C1CCCC2(N)C1(C)CCC(C)C2(C)CC1=C(O)C(NCCC(C)C)=CC(=O)C1=O. The molecule has 0 amide bonds. The number of nitrogens with two attached hydrogens (primary N) is 1. The molecule has 5 nitrogen and oxygen atoms in total. The Hall–Kier alpha value is -1.88. The van der Waals surface area contributed by atoms with Crippen LogP contribution in [0.1, 0.15) is 79.6 Å². The van der Waals surface area contributed by atoms with E-state index in [0.717, 1.165) is 38.5 Å². The highest BCUT2D eigenvalue weighted by molar-refractivity contribution is 6.48. The predicted octanol–water partition coefficient (Wildman–Crippen LogP) is 4.74. The average molecular weight is 429 g/mol. The van der Waals surface area contributed by atoms with Crippen molar-refractivity contribution in [3.05, 3.63) is 35.3 Å². The van der Waals surface area contributed by atoms with Gasteiger partial charge in [0.15, 0.2) is 0 Å². The Morgan fingerprint density at radius 3 is 2.61 bits per heavy atom. The molecule has 0 bridgehead atoms. The Kier molecular flexibility index (Phi) is 6.31. The highest BCUT2D eigenvalue weighted by atomic mass is 16.3. The first-order chi connectivity index (χ1) is 14.4. The molecule has 0 aromatic carbocycles. The number of rotatable bonds is 6. The summed E-state index contributed by atoms with van der Waals surface area (Å²) in [7, 11) is 0. The van der Waals surface area contributed by atoms with Gasteiger partial charge in [-0.15, -0.1) is 0 Å². The van der Waals surface area contributed by atoms with Gasteiger partial charge in [0.1, 0.15) is 5.76 Å². The molecule has 0 aliphatic heterocycles. The second-order valence-electron chi connectivity index (χ2n) is 11.0. The predicted molar refractivity (Wildman–Crippen MR) is 124 cm³/mol. The molecule has 4 N–H and O–H groups in total. The highest BCUT2D eigenvalue weighted by Gasteiger charge is 2.63. The number of carbonyl (C=O) groups excluding carboxylic acids is 2. The summed E-state index contributed by atoms with van der Waals surface area (Å²) in [5.41, 5.74) is 7.82. The lowest BCUT2D eigenvalue weighted by molar-refractivity contribution is -0.132. The fourth-order valence-electron chi connectivity index (χ4n) is 6.20. The van der Waals surface area contributed by atoms with Gasteiger partial charge in [0.25, 0.3) is 0 Å². The topological polar surface area (TPSA) is 92.4 Å². The van der Waals surface area contributed by atoms with Gasteiger partial charge in [-0.3, -0.25) is 9.59 Å². The Balaban J connectivity index is 1.99. The van der Waals surface area contributed by atoms with Gasteiger partial charge < -0.3 is 16.2 Å². The zero-order valence-electron chi connectivity index (χ0n) is 19.9. The van der Waals surface area contributed by atoms with Crippen molar-refractivity contribution in [2.45, 2.75) is 85.1 Å². The first kappa shape index (κ1) is 23.8. The van der Waals surface area contributed by atoms with E-state index < -0.39 is 22.5 Å². The van der Waals surface area contributed by atoms with Gasteiger partial charge in [0, 0.05) is 29.1 Å². The van der Waals surface area contributed by atoms with Gasteiger partial charge in [0.2, 0.25) is 11.6 Å². The lowest BCUT2D eigenvalue weighted by Crippen LogP contribution is -2.70. The molecule has 2 saturated carbocycles. The van der Waals surface area contributed by atoms with E-state index in [1.54, 1.807) is 0 Å². The first-order valence-electron chi connectivity index (χ1n) is 11.8. The monoisotopic (exact) mass is 428 g/mol. The maximum Gasteiger partial charge on any atom is 0.232 e. The number of aliphatic hydroxyl groups excluding tert-OH is 1. The van der Waals surface area contributed by atoms with Gasteiger partial charge in [-0.05, 0) is 62.2 Å². The van der Waals surface area contributed by atoms with Crippen LogP contribution in [0.5, 0.6) is 0 Å². The van der Waals surface area contributed by atoms with E-state index in [9.17, 15) is 14.7 Å². The first-order valence-corrected chi connectivity index (χ1v) is 11.8. The van der Waals surface area contributed by atoms with Crippen LogP contribution in [0, 0.1) is 22.7 Å². The molecular formula is C26H40N2O3. The molecule has 0 saturated heterocycles. The van der Waals surface area contributed by atoms with E-state index in [0.29, 0.717) is 24.6 Å². The molecule has 0 aromatic rings. The third kappa shape index (κ3) is 3.69. The fraction of sp³-hybridized carbons (Fsp3) is 0.692. The highest BCUT2D eigenvalue weighted by Crippen LogP contribution is 2.64. The molecule has 0 heterocycles. The number of allylic oxidation sites excluding steroid dienone is 2. The molecule has 3 aliphatic carbocycles. The summed E-state index contributed by atoms with van der Waals surface area (Å²) in [5, 5.41) is 14.2. The third-order valence-electron chi connectivity index (χ3n) is 8.89. The molecule has 3 rings (SSSR count). The van der Waals surface area contributed by atoms with Crippen LogP contribution in [0.15, 0.2) is 35.3 Å². The molecule has 31 heavy (non-hydrogen) atoms. The van der Waals surface area contributed by atoms with E-state index in [-0.39, 0.29) is 22.7 Å². The Bertz CT molecular complexity index is 855. The van der Waals surface area contributed by atoms with Crippen LogP contribution in [0.3, 0.4) is 0 Å². The largest absolute Gasteiger partial charge is 0.505 e. The van der Waals surface area contributed by atoms with E-state index in [2.05, 4.69) is 46.5 Å². The zero-order valence-corrected chi connectivity index (χ0v) is 19.9.